The van der Waals surface area contributed by atoms with Crippen molar-refractivity contribution < 1.29 is 14.3 Å². The number of hydrogen-bond donors (Lipinski definition) is 2. The van der Waals surface area contributed by atoms with Gasteiger partial charge in [0.2, 0.25) is 5.95 Å². The van der Waals surface area contributed by atoms with E-state index in [4.69, 9.17) is 0 Å². The number of rotatable bonds is 5. The van der Waals surface area contributed by atoms with Crippen LogP contribution in [-0.4, -0.2) is 20.8 Å². The molecule has 5 nitrogen and oxygen atoms in total. The highest BCUT2D eigenvalue weighted by atomic mass is 19.1. The summed E-state index contributed by atoms with van der Waals surface area (Å²) >= 11 is 0. The van der Waals surface area contributed by atoms with E-state index in [0.29, 0.717) is 16.9 Å². The number of aliphatic hydroxyl groups is 1. The van der Waals surface area contributed by atoms with Crippen molar-refractivity contribution in [2.24, 2.45) is 18.9 Å². The average molecular weight is 347 g/mol. The van der Waals surface area contributed by atoms with E-state index in [1.165, 1.54) is 7.05 Å². The summed E-state index contributed by atoms with van der Waals surface area (Å²) in [7, 11) is 1.45. The van der Waals surface area contributed by atoms with Gasteiger partial charge in [0.25, 0.3) is 5.91 Å². The number of halogens is 1. The van der Waals surface area contributed by atoms with E-state index < -0.39 is 17.5 Å². The zero-order valence-corrected chi connectivity index (χ0v) is 15.6. The van der Waals surface area contributed by atoms with Crippen LogP contribution in [0.4, 0.5) is 10.1 Å². The lowest BCUT2D eigenvalue weighted by Crippen LogP contribution is -2.38. The molecule has 2 N–H and O–H groups in total. The molecule has 0 atom stereocenters. The SMILES string of the molecule is Cc1nn(C)c(F)c1C(=O)Nc1ccccc1C(O)(C(C)C)C(C)C. The maximum Gasteiger partial charge on any atom is 0.262 e. The molecule has 0 saturated carbocycles. The van der Waals surface area contributed by atoms with E-state index in [1.54, 1.807) is 25.1 Å². The molecule has 2 rings (SSSR count). The van der Waals surface area contributed by atoms with Crippen LogP contribution in [0.2, 0.25) is 0 Å². The minimum absolute atomic E-state index is 0.0672. The maximum absolute atomic E-state index is 14.2. The highest BCUT2D eigenvalue weighted by Crippen LogP contribution is 2.40. The predicted molar refractivity (Wildman–Crippen MR) is 95.9 cm³/mol. The minimum Gasteiger partial charge on any atom is -0.385 e. The van der Waals surface area contributed by atoms with E-state index in [2.05, 4.69) is 10.4 Å². The van der Waals surface area contributed by atoms with Gasteiger partial charge < -0.3 is 10.4 Å². The largest absolute Gasteiger partial charge is 0.385 e. The molecule has 6 heteroatoms. The fourth-order valence-corrected chi connectivity index (χ4v) is 3.30. The Bertz CT molecular complexity index is 773. The molecule has 0 bridgehead atoms. The van der Waals surface area contributed by atoms with Gasteiger partial charge in [-0.1, -0.05) is 45.9 Å². The van der Waals surface area contributed by atoms with Crippen molar-refractivity contribution in [3.8, 4) is 0 Å². The van der Waals surface area contributed by atoms with Crippen molar-refractivity contribution >= 4 is 11.6 Å². The number of aromatic nitrogens is 2. The fourth-order valence-electron chi connectivity index (χ4n) is 3.30. The number of nitrogens with zero attached hydrogens (tertiary/aromatic N) is 2. The molecule has 0 radical (unpaired) electrons. The van der Waals surface area contributed by atoms with Gasteiger partial charge in [-0.15, -0.1) is 0 Å². The molecule has 1 amide bonds. The van der Waals surface area contributed by atoms with Crippen molar-refractivity contribution in [2.75, 3.05) is 5.32 Å². The minimum atomic E-state index is -1.12. The van der Waals surface area contributed by atoms with E-state index in [0.717, 1.165) is 4.68 Å². The number of anilines is 1. The Morgan fingerprint density at radius 2 is 1.80 bits per heavy atom. The third-order valence-corrected chi connectivity index (χ3v) is 4.75. The Hall–Kier alpha value is -2.21. The van der Waals surface area contributed by atoms with Crippen molar-refractivity contribution in [1.29, 1.82) is 0 Å². The quantitative estimate of drug-likeness (QED) is 0.868. The summed E-state index contributed by atoms with van der Waals surface area (Å²) in [5.41, 5.74) is 0.204. The lowest BCUT2D eigenvalue weighted by Gasteiger charge is -2.38. The molecule has 1 aromatic carbocycles. The monoisotopic (exact) mass is 347 g/mol. The van der Waals surface area contributed by atoms with Gasteiger partial charge >= 0.3 is 0 Å². The van der Waals surface area contributed by atoms with Crippen molar-refractivity contribution in [2.45, 2.75) is 40.2 Å². The predicted octanol–water partition coefficient (Wildman–Crippen LogP) is 3.62. The van der Waals surface area contributed by atoms with Gasteiger partial charge in [-0.05, 0) is 24.8 Å². The first-order valence-corrected chi connectivity index (χ1v) is 8.43. The summed E-state index contributed by atoms with van der Waals surface area (Å²) in [6.07, 6.45) is 0. The lowest BCUT2D eigenvalue weighted by molar-refractivity contribution is -0.0524. The zero-order valence-electron chi connectivity index (χ0n) is 15.6. The molecule has 25 heavy (non-hydrogen) atoms. The Morgan fingerprint density at radius 1 is 1.24 bits per heavy atom. The third kappa shape index (κ3) is 3.31. The van der Waals surface area contributed by atoms with Crippen LogP contribution < -0.4 is 5.32 Å². The molecule has 0 saturated heterocycles. The second-order valence-corrected chi connectivity index (χ2v) is 7.01. The number of aryl methyl sites for hydroxylation is 2. The van der Waals surface area contributed by atoms with Crippen LogP contribution in [0.15, 0.2) is 24.3 Å². The molecule has 0 fully saturated rings. The summed E-state index contributed by atoms with van der Waals surface area (Å²) in [5, 5.41) is 18.0. The molecule has 1 aromatic heterocycles. The third-order valence-electron chi connectivity index (χ3n) is 4.75. The molecule has 0 unspecified atom stereocenters. The number of carbonyl (C=O) groups excluding carboxylic acids is 1. The number of nitrogens with one attached hydrogen (secondary N) is 1. The van der Waals surface area contributed by atoms with Crippen LogP contribution in [0.25, 0.3) is 0 Å². The van der Waals surface area contributed by atoms with Gasteiger partial charge in [0.1, 0.15) is 5.56 Å². The summed E-state index contributed by atoms with van der Waals surface area (Å²) in [6, 6.07) is 7.10. The van der Waals surface area contributed by atoms with Crippen LogP contribution >= 0.6 is 0 Å². The highest BCUT2D eigenvalue weighted by molar-refractivity contribution is 6.05. The summed E-state index contributed by atoms with van der Waals surface area (Å²) in [5.74, 6) is -1.40. The van der Waals surface area contributed by atoms with E-state index in [1.807, 2.05) is 33.8 Å². The maximum atomic E-state index is 14.2. The van der Waals surface area contributed by atoms with Gasteiger partial charge in [0.15, 0.2) is 0 Å². The van der Waals surface area contributed by atoms with Crippen molar-refractivity contribution in [3.05, 3.63) is 47.0 Å². The number of amides is 1. The fraction of sp³-hybridized carbons (Fsp3) is 0.474. The molecule has 1 heterocycles. The molecular formula is C19H26FN3O2. The van der Waals surface area contributed by atoms with Gasteiger partial charge in [-0.25, -0.2) is 4.68 Å². The second kappa shape index (κ2) is 6.96. The Balaban J connectivity index is 2.47. The Kier molecular flexibility index (Phi) is 5.32. The normalized spacial score (nSPS) is 12.1. The van der Waals surface area contributed by atoms with Crippen LogP contribution in [0, 0.1) is 24.7 Å². The zero-order chi connectivity index (χ0) is 18.9. The molecule has 0 aliphatic rings. The first-order chi connectivity index (χ1) is 11.6. The number of para-hydroxylation sites is 1. The van der Waals surface area contributed by atoms with Gasteiger partial charge in [0.05, 0.1) is 11.3 Å². The van der Waals surface area contributed by atoms with E-state index >= 15 is 0 Å². The first kappa shape index (κ1) is 19.1. The lowest BCUT2D eigenvalue weighted by atomic mass is 9.74. The van der Waals surface area contributed by atoms with Gasteiger partial charge in [-0.3, -0.25) is 4.79 Å². The molecular weight excluding hydrogens is 321 g/mol. The summed E-state index contributed by atoms with van der Waals surface area (Å²) in [4.78, 5) is 12.6. The standard InChI is InChI=1S/C19H26FN3O2/c1-11(2)19(25,12(3)4)14-9-7-8-10-15(14)21-18(24)16-13(5)22-23(6)17(16)20/h7-12,25H,1-6H3,(H,21,24). The summed E-state index contributed by atoms with van der Waals surface area (Å²) < 4.78 is 15.2. The number of hydrogen-bond acceptors (Lipinski definition) is 3. The molecule has 0 aliphatic carbocycles. The van der Waals surface area contributed by atoms with Crippen LogP contribution in [-0.2, 0) is 12.6 Å². The van der Waals surface area contributed by atoms with Gasteiger partial charge in [-0.2, -0.15) is 9.49 Å². The molecule has 136 valence electrons. The van der Waals surface area contributed by atoms with E-state index in [9.17, 15) is 14.3 Å². The Morgan fingerprint density at radius 3 is 2.28 bits per heavy atom. The highest BCUT2D eigenvalue weighted by Gasteiger charge is 2.38. The molecule has 0 spiro atoms. The topological polar surface area (TPSA) is 67.2 Å². The van der Waals surface area contributed by atoms with E-state index in [-0.39, 0.29) is 17.4 Å². The number of benzene rings is 1. The van der Waals surface area contributed by atoms with Gasteiger partial charge in [0, 0.05) is 18.3 Å². The second-order valence-electron chi connectivity index (χ2n) is 7.01. The number of carbonyl (C=O) groups is 1. The van der Waals surface area contributed by atoms with Crippen molar-refractivity contribution in [1.82, 2.24) is 9.78 Å². The van der Waals surface area contributed by atoms with Crippen LogP contribution in [0.3, 0.4) is 0 Å². The van der Waals surface area contributed by atoms with Crippen LogP contribution in [0.5, 0.6) is 0 Å². The summed E-state index contributed by atoms with van der Waals surface area (Å²) in [6.45, 7) is 9.32. The molecule has 2 aromatic rings. The van der Waals surface area contributed by atoms with Crippen LogP contribution in [0.1, 0.15) is 49.3 Å². The first-order valence-electron chi connectivity index (χ1n) is 8.43. The molecule has 0 aliphatic heterocycles. The average Bonchev–Trinajstić information content (AvgIpc) is 2.79. The van der Waals surface area contributed by atoms with Crippen molar-refractivity contribution in [3.63, 3.8) is 0 Å². The smallest absolute Gasteiger partial charge is 0.262 e. The Labute approximate surface area is 147 Å².